The number of hydrogen-bond donors (Lipinski definition) is 0. The molecule has 1 aliphatic carbocycles. The second kappa shape index (κ2) is 5.12. The molecule has 1 fully saturated rings. The van der Waals surface area contributed by atoms with Gasteiger partial charge in [-0.15, -0.1) is 0 Å². The van der Waals surface area contributed by atoms with Gasteiger partial charge in [-0.25, -0.2) is 8.42 Å². The fourth-order valence-corrected chi connectivity index (χ4v) is 4.77. The standard InChI is InChI=1S/C16H16O5S/c1-9-7-11-8-10(5-6-14(11)22(9,20)21)16(19)15-12(17)3-2-4-13(15)18/h5-6,8-9,15H,2-4,7H2,1H3. The van der Waals surface area contributed by atoms with Gasteiger partial charge in [0.25, 0.3) is 0 Å². The van der Waals surface area contributed by atoms with Crippen LogP contribution in [0.5, 0.6) is 0 Å². The maximum Gasteiger partial charge on any atom is 0.181 e. The van der Waals surface area contributed by atoms with E-state index in [1.165, 1.54) is 18.2 Å². The van der Waals surface area contributed by atoms with Crippen molar-refractivity contribution < 1.29 is 22.8 Å². The van der Waals surface area contributed by atoms with Crippen molar-refractivity contribution in [3.8, 4) is 0 Å². The van der Waals surface area contributed by atoms with Crippen LogP contribution in [0.2, 0.25) is 0 Å². The Bertz CT molecular complexity index is 775. The van der Waals surface area contributed by atoms with Crippen LogP contribution in [-0.4, -0.2) is 31.0 Å². The van der Waals surface area contributed by atoms with Crippen molar-refractivity contribution in [2.24, 2.45) is 5.92 Å². The molecule has 0 radical (unpaired) electrons. The van der Waals surface area contributed by atoms with Gasteiger partial charge in [0, 0.05) is 18.4 Å². The molecule has 0 amide bonds. The molecule has 0 spiro atoms. The van der Waals surface area contributed by atoms with E-state index in [4.69, 9.17) is 0 Å². The molecular weight excluding hydrogens is 304 g/mol. The summed E-state index contributed by atoms with van der Waals surface area (Å²) < 4.78 is 24.2. The van der Waals surface area contributed by atoms with E-state index in [1.54, 1.807) is 6.92 Å². The summed E-state index contributed by atoms with van der Waals surface area (Å²) in [6, 6.07) is 4.35. The van der Waals surface area contributed by atoms with Crippen LogP contribution in [-0.2, 0) is 25.8 Å². The summed E-state index contributed by atoms with van der Waals surface area (Å²) in [7, 11) is -3.32. The minimum Gasteiger partial charge on any atom is -0.298 e. The molecule has 0 bridgehead atoms. The minimum absolute atomic E-state index is 0.247. The predicted molar refractivity (Wildman–Crippen MR) is 78.5 cm³/mol. The molecule has 1 aromatic rings. The van der Waals surface area contributed by atoms with E-state index in [0.717, 1.165) is 0 Å². The lowest BCUT2D eigenvalue weighted by Crippen LogP contribution is -2.35. The van der Waals surface area contributed by atoms with Gasteiger partial charge >= 0.3 is 0 Å². The van der Waals surface area contributed by atoms with Gasteiger partial charge < -0.3 is 0 Å². The summed E-state index contributed by atoms with van der Waals surface area (Å²) in [5, 5.41) is -0.509. The molecule has 1 atom stereocenters. The van der Waals surface area contributed by atoms with E-state index in [2.05, 4.69) is 0 Å². The molecule has 1 unspecified atom stereocenters. The molecule has 3 rings (SSSR count). The molecule has 116 valence electrons. The average Bonchev–Trinajstić information content (AvgIpc) is 2.68. The lowest BCUT2D eigenvalue weighted by molar-refractivity contribution is -0.133. The quantitative estimate of drug-likeness (QED) is 0.609. The highest BCUT2D eigenvalue weighted by Gasteiger charge is 2.38. The van der Waals surface area contributed by atoms with Gasteiger partial charge in [-0.1, -0.05) is 6.07 Å². The molecule has 0 saturated heterocycles. The molecule has 22 heavy (non-hydrogen) atoms. The van der Waals surface area contributed by atoms with Gasteiger partial charge in [-0.3, -0.25) is 14.4 Å². The fraction of sp³-hybridized carbons (Fsp3) is 0.438. The van der Waals surface area contributed by atoms with Crippen molar-refractivity contribution in [2.75, 3.05) is 0 Å². The third kappa shape index (κ3) is 2.22. The second-order valence-electron chi connectivity index (χ2n) is 5.97. The third-order valence-electron chi connectivity index (χ3n) is 4.44. The zero-order chi connectivity index (χ0) is 16.1. The Hall–Kier alpha value is -1.82. The Labute approximate surface area is 128 Å². The largest absolute Gasteiger partial charge is 0.298 e. The fourth-order valence-electron chi connectivity index (χ4n) is 3.17. The topological polar surface area (TPSA) is 85.3 Å². The maximum atomic E-state index is 12.5. The highest BCUT2D eigenvalue weighted by atomic mass is 32.2. The van der Waals surface area contributed by atoms with Crippen LogP contribution >= 0.6 is 0 Å². The zero-order valence-corrected chi connectivity index (χ0v) is 13.0. The van der Waals surface area contributed by atoms with Crippen molar-refractivity contribution >= 4 is 27.2 Å². The van der Waals surface area contributed by atoms with Gasteiger partial charge in [0.15, 0.2) is 27.2 Å². The van der Waals surface area contributed by atoms with E-state index in [0.29, 0.717) is 18.4 Å². The van der Waals surface area contributed by atoms with Crippen LogP contribution < -0.4 is 0 Å². The van der Waals surface area contributed by atoms with Crippen molar-refractivity contribution in [1.29, 1.82) is 0 Å². The average molecular weight is 320 g/mol. The lowest BCUT2D eigenvalue weighted by Gasteiger charge is -2.18. The SMILES string of the molecule is CC1Cc2cc(C(=O)C3C(=O)CCCC3=O)ccc2S1(=O)=O. The summed E-state index contributed by atoms with van der Waals surface area (Å²) in [6.45, 7) is 1.63. The Kier molecular flexibility index (Phi) is 3.51. The van der Waals surface area contributed by atoms with Gasteiger partial charge in [0.05, 0.1) is 10.1 Å². The van der Waals surface area contributed by atoms with Crippen LogP contribution in [0.1, 0.15) is 42.1 Å². The smallest absolute Gasteiger partial charge is 0.181 e. The highest BCUT2D eigenvalue weighted by molar-refractivity contribution is 7.92. The summed E-state index contributed by atoms with van der Waals surface area (Å²) in [5.74, 6) is -2.37. The van der Waals surface area contributed by atoms with E-state index in [1.807, 2.05) is 0 Å². The first kappa shape index (κ1) is 15.1. The Morgan fingerprint density at radius 3 is 2.41 bits per heavy atom. The number of sulfone groups is 1. The maximum absolute atomic E-state index is 12.5. The molecule has 1 saturated carbocycles. The molecule has 5 nitrogen and oxygen atoms in total. The number of benzene rings is 1. The van der Waals surface area contributed by atoms with E-state index in [-0.39, 0.29) is 34.9 Å². The number of carbonyl (C=O) groups excluding carboxylic acids is 3. The first-order valence-electron chi connectivity index (χ1n) is 7.29. The molecule has 0 N–H and O–H groups in total. The number of rotatable bonds is 2. The van der Waals surface area contributed by atoms with Crippen LogP contribution in [0.25, 0.3) is 0 Å². The number of Topliss-reactive ketones (excluding diaryl/α,β-unsaturated/α-hetero) is 3. The van der Waals surface area contributed by atoms with Crippen molar-refractivity contribution in [3.05, 3.63) is 29.3 Å². The molecule has 1 aromatic carbocycles. The number of carbonyl (C=O) groups is 3. The molecule has 1 heterocycles. The second-order valence-corrected chi connectivity index (χ2v) is 8.30. The summed E-state index contributed by atoms with van der Waals surface area (Å²) in [5.41, 5.74) is 0.839. The monoisotopic (exact) mass is 320 g/mol. The molecular formula is C16H16O5S. The van der Waals surface area contributed by atoms with Crippen molar-refractivity contribution in [1.82, 2.24) is 0 Å². The summed E-state index contributed by atoms with van der Waals surface area (Å²) >= 11 is 0. The van der Waals surface area contributed by atoms with Gasteiger partial charge in [0.1, 0.15) is 5.92 Å². The predicted octanol–water partition coefficient (Wildman–Crippen LogP) is 1.53. The van der Waals surface area contributed by atoms with E-state index in [9.17, 15) is 22.8 Å². The van der Waals surface area contributed by atoms with Gasteiger partial charge in [-0.05, 0) is 37.5 Å². The number of ketones is 3. The Morgan fingerprint density at radius 2 is 1.77 bits per heavy atom. The summed E-state index contributed by atoms with van der Waals surface area (Å²) in [6.07, 6.45) is 1.35. The van der Waals surface area contributed by atoms with Crippen LogP contribution in [0, 0.1) is 5.92 Å². The highest BCUT2D eigenvalue weighted by Crippen LogP contribution is 2.32. The molecule has 2 aliphatic rings. The van der Waals surface area contributed by atoms with Crippen LogP contribution in [0.4, 0.5) is 0 Å². The van der Waals surface area contributed by atoms with Crippen molar-refractivity contribution in [3.63, 3.8) is 0 Å². The first-order chi connectivity index (χ1) is 10.3. The van der Waals surface area contributed by atoms with Crippen molar-refractivity contribution in [2.45, 2.75) is 42.8 Å². The zero-order valence-electron chi connectivity index (χ0n) is 12.2. The number of hydrogen-bond acceptors (Lipinski definition) is 5. The van der Waals surface area contributed by atoms with Gasteiger partial charge in [0.2, 0.25) is 0 Å². The lowest BCUT2D eigenvalue weighted by atomic mass is 9.81. The molecule has 0 aromatic heterocycles. The normalized spacial score (nSPS) is 24.3. The Balaban J connectivity index is 1.98. The Morgan fingerprint density at radius 1 is 1.14 bits per heavy atom. The number of fused-ring (bicyclic) bond motifs is 1. The first-order valence-corrected chi connectivity index (χ1v) is 8.83. The van der Waals surface area contributed by atoms with Crippen LogP contribution in [0.3, 0.4) is 0 Å². The summed E-state index contributed by atoms with van der Waals surface area (Å²) in [4.78, 5) is 36.5. The minimum atomic E-state index is -3.32. The van der Waals surface area contributed by atoms with Gasteiger partial charge in [-0.2, -0.15) is 0 Å². The third-order valence-corrected chi connectivity index (χ3v) is 6.68. The van der Waals surface area contributed by atoms with E-state index >= 15 is 0 Å². The molecule has 6 heteroatoms. The van der Waals surface area contributed by atoms with E-state index < -0.39 is 26.8 Å². The van der Waals surface area contributed by atoms with Crippen LogP contribution in [0.15, 0.2) is 23.1 Å². The molecule has 1 aliphatic heterocycles.